The lowest BCUT2D eigenvalue weighted by molar-refractivity contribution is 0.109. The molecule has 2 aromatic heterocycles. The number of fused-ring (bicyclic) bond motifs is 1. The van der Waals surface area contributed by atoms with Crippen molar-refractivity contribution in [3.05, 3.63) is 34.1 Å². The summed E-state index contributed by atoms with van der Waals surface area (Å²) in [6, 6.07) is 3.88. The molecule has 110 valence electrons. The van der Waals surface area contributed by atoms with Gasteiger partial charge in [-0.05, 0) is 34.5 Å². The summed E-state index contributed by atoms with van der Waals surface area (Å²) in [7, 11) is 0. The highest BCUT2D eigenvalue weighted by atomic mass is 79.9. The maximum absolute atomic E-state index is 5.54. The fourth-order valence-electron chi connectivity index (χ4n) is 2.24. The van der Waals surface area contributed by atoms with Crippen molar-refractivity contribution < 1.29 is 4.74 Å². The largest absolute Gasteiger partial charge is 0.376 e. The van der Waals surface area contributed by atoms with E-state index >= 15 is 0 Å². The summed E-state index contributed by atoms with van der Waals surface area (Å²) in [4.78, 5) is 13.7. The molecule has 1 aliphatic heterocycles. The highest BCUT2D eigenvalue weighted by molar-refractivity contribution is 9.10. The van der Waals surface area contributed by atoms with Crippen molar-refractivity contribution in [1.82, 2.24) is 15.0 Å². The summed E-state index contributed by atoms with van der Waals surface area (Å²) in [5, 5.41) is 3.38. The third-order valence-corrected chi connectivity index (χ3v) is 3.79. The third kappa shape index (κ3) is 3.22. The molecule has 1 N–H and O–H groups in total. The van der Waals surface area contributed by atoms with Crippen LogP contribution >= 0.6 is 15.9 Å². The van der Waals surface area contributed by atoms with Crippen molar-refractivity contribution in [1.29, 1.82) is 0 Å². The zero-order chi connectivity index (χ0) is 14.7. The Morgan fingerprint density at radius 2 is 2.24 bits per heavy atom. The number of nitrogens with zero attached hydrogens (tertiary/aromatic N) is 3. The Balaban J connectivity index is 2.02. The van der Waals surface area contributed by atoms with Crippen molar-refractivity contribution in [3.8, 4) is 11.5 Å². The zero-order valence-corrected chi connectivity index (χ0v) is 13.5. The number of rotatable bonds is 4. The fraction of sp³-hybridized carbons (Fsp3) is 0.400. The summed E-state index contributed by atoms with van der Waals surface area (Å²) >= 11 is 3.39. The van der Waals surface area contributed by atoms with Crippen LogP contribution in [0.3, 0.4) is 0 Å². The first-order chi connectivity index (χ1) is 10.3. The van der Waals surface area contributed by atoms with Crippen molar-refractivity contribution in [2.45, 2.75) is 26.4 Å². The Labute approximate surface area is 132 Å². The van der Waals surface area contributed by atoms with Crippen LogP contribution in [0, 0.1) is 0 Å². The number of halogens is 1. The van der Waals surface area contributed by atoms with Crippen LogP contribution in [0.2, 0.25) is 0 Å². The van der Waals surface area contributed by atoms with Gasteiger partial charge in [0, 0.05) is 29.2 Å². The summed E-state index contributed by atoms with van der Waals surface area (Å²) in [5.41, 5.74) is 2.93. The molecular formula is C15H17BrN4O. The van der Waals surface area contributed by atoms with Crippen molar-refractivity contribution >= 4 is 21.7 Å². The minimum atomic E-state index is 0.579. The topological polar surface area (TPSA) is 59.9 Å². The molecule has 0 amide bonds. The average Bonchev–Trinajstić information content (AvgIpc) is 2.53. The predicted molar refractivity (Wildman–Crippen MR) is 85.1 cm³/mol. The third-order valence-electron chi connectivity index (χ3n) is 3.32. The normalized spacial score (nSPS) is 13.8. The monoisotopic (exact) mass is 348 g/mol. The van der Waals surface area contributed by atoms with E-state index in [0.717, 1.165) is 46.6 Å². The summed E-state index contributed by atoms with van der Waals surface area (Å²) in [5.74, 6) is 1.54. The molecular weight excluding hydrogens is 332 g/mol. The first-order valence-corrected chi connectivity index (χ1v) is 7.90. The number of ether oxygens (including phenoxy) is 1. The Hall–Kier alpha value is -1.53. The van der Waals surface area contributed by atoms with Crippen LogP contribution in [0.15, 0.2) is 22.8 Å². The Kier molecular flexibility index (Phi) is 4.45. The highest BCUT2D eigenvalue weighted by Crippen LogP contribution is 2.25. The van der Waals surface area contributed by atoms with Crippen molar-refractivity contribution in [2.24, 2.45) is 0 Å². The summed E-state index contributed by atoms with van der Waals surface area (Å²) in [6.07, 6.45) is 3.63. The molecule has 2 aromatic rings. The van der Waals surface area contributed by atoms with E-state index in [4.69, 9.17) is 4.74 Å². The van der Waals surface area contributed by atoms with E-state index in [9.17, 15) is 0 Å². The van der Waals surface area contributed by atoms with Gasteiger partial charge in [0.2, 0.25) is 0 Å². The second-order valence-corrected chi connectivity index (χ2v) is 5.83. The number of hydrogen-bond acceptors (Lipinski definition) is 5. The van der Waals surface area contributed by atoms with E-state index in [2.05, 4.69) is 43.1 Å². The first-order valence-electron chi connectivity index (χ1n) is 7.11. The molecule has 1 aliphatic rings. The quantitative estimate of drug-likeness (QED) is 0.919. The number of aromatic nitrogens is 3. The van der Waals surface area contributed by atoms with Crippen molar-refractivity contribution in [3.63, 3.8) is 0 Å². The number of anilines is 1. The van der Waals surface area contributed by atoms with Gasteiger partial charge in [0.25, 0.3) is 0 Å². The molecule has 0 bridgehead atoms. The molecule has 21 heavy (non-hydrogen) atoms. The molecule has 0 atom stereocenters. The molecule has 0 aromatic carbocycles. The molecule has 3 heterocycles. The fourth-order valence-corrected chi connectivity index (χ4v) is 2.48. The SMILES string of the molecule is CCCNc1nc(-c2ccc(Br)cn2)nc2c1COCC2. The van der Waals surface area contributed by atoms with E-state index in [0.29, 0.717) is 19.0 Å². The smallest absolute Gasteiger partial charge is 0.180 e. The van der Waals surface area contributed by atoms with Crippen LogP contribution in [0.1, 0.15) is 24.6 Å². The molecule has 3 rings (SSSR count). The number of nitrogens with one attached hydrogen (secondary N) is 1. The molecule has 0 saturated heterocycles. The van der Waals surface area contributed by atoms with Crippen LogP contribution in [-0.2, 0) is 17.8 Å². The maximum Gasteiger partial charge on any atom is 0.180 e. The molecule has 0 aliphatic carbocycles. The van der Waals surface area contributed by atoms with Gasteiger partial charge in [-0.2, -0.15) is 0 Å². The van der Waals surface area contributed by atoms with Gasteiger partial charge < -0.3 is 10.1 Å². The maximum atomic E-state index is 5.54. The van der Waals surface area contributed by atoms with Crippen LogP contribution in [0.25, 0.3) is 11.5 Å². The van der Waals surface area contributed by atoms with Crippen LogP contribution in [0.5, 0.6) is 0 Å². The molecule has 0 saturated carbocycles. The lowest BCUT2D eigenvalue weighted by atomic mass is 10.1. The Morgan fingerprint density at radius 3 is 3.00 bits per heavy atom. The van der Waals surface area contributed by atoms with Gasteiger partial charge in [-0.25, -0.2) is 9.97 Å². The molecule has 6 heteroatoms. The molecule has 0 spiro atoms. The zero-order valence-electron chi connectivity index (χ0n) is 11.9. The molecule has 0 fully saturated rings. The molecule has 5 nitrogen and oxygen atoms in total. The van der Waals surface area contributed by atoms with Gasteiger partial charge >= 0.3 is 0 Å². The lowest BCUT2D eigenvalue weighted by Gasteiger charge is -2.20. The second-order valence-electron chi connectivity index (χ2n) is 4.91. The minimum Gasteiger partial charge on any atom is -0.376 e. The van der Waals surface area contributed by atoms with E-state index < -0.39 is 0 Å². The summed E-state index contributed by atoms with van der Waals surface area (Å²) in [6.45, 7) is 4.31. The Morgan fingerprint density at radius 1 is 1.33 bits per heavy atom. The first kappa shape index (κ1) is 14.4. The average molecular weight is 349 g/mol. The van der Waals surface area contributed by atoms with Crippen LogP contribution in [0.4, 0.5) is 5.82 Å². The molecule has 0 radical (unpaired) electrons. The lowest BCUT2D eigenvalue weighted by Crippen LogP contribution is -2.17. The van der Waals surface area contributed by atoms with E-state index in [1.807, 2.05) is 12.1 Å². The number of hydrogen-bond donors (Lipinski definition) is 1. The van der Waals surface area contributed by atoms with Gasteiger partial charge in [-0.1, -0.05) is 6.92 Å². The number of pyridine rings is 1. The van der Waals surface area contributed by atoms with Gasteiger partial charge in [-0.15, -0.1) is 0 Å². The van der Waals surface area contributed by atoms with E-state index in [1.54, 1.807) is 6.20 Å². The van der Waals surface area contributed by atoms with Gasteiger partial charge in [0.1, 0.15) is 11.5 Å². The van der Waals surface area contributed by atoms with Gasteiger partial charge in [-0.3, -0.25) is 4.98 Å². The van der Waals surface area contributed by atoms with Gasteiger partial charge in [0.05, 0.1) is 18.9 Å². The van der Waals surface area contributed by atoms with Gasteiger partial charge in [0.15, 0.2) is 5.82 Å². The predicted octanol–water partition coefficient (Wildman–Crippen LogP) is 3.20. The minimum absolute atomic E-state index is 0.579. The van der Waals surface area contributed by atoms with Crippen LogP contribution in [-0.4, -0.2) is 28.1 Å². The Bertz CT molecular complexity index is 630. The highest BCUT2D eigenvalue weighted by Gasteiger charge is 2.19. The second kappa shape index (κ2) is 6.49. The molecule has 0 unspecified atom stereocenters. The van der Waals surface area contributed by atoms with Crippen LogP contribution < -0.4 is 5.32 Å². The van der Waals surface area contributed by atoms with E-state index in [-0.39, 0.29) is 0 Å². The van der Waals surface area contributed by atoms with Crippen molar-refractivity contribution in [2.75, 3.05) is 18.5 Å². The van der Waals surface area contributed by atoms with E-state index in [1.165, 1.54) is 0 Å². The summed E-state index contributed by atoms with van der Waals surface area (Å²) < 4.78 is 6.48. The standard InChI is InChI=1S/C15H17BrN4O/c1-2-6-17-14-11-9-21-7-5-12(11)19-15(20-14)13-4-3-10(16)8-18-13/h3-4,8H,2,5-7,9H2,1H3,(H,17,19,20).